The van der Waals surface area contributed by atoms with Gasteiger partial charge in [-0.05, 0) is 12.8 Å². The van der Waals surface area contributed by atoms with Crippen LogP contribution in [0.15, 0.2) is 10.9 Å². The van der Waals surface area contributed by atoms with Gasteiger partial charge in [0.2, 0.25) is 5.91 Å². The van der Waals surface area contributed by atoms with Gasteiger partial charge in [0.25, 0.3) is 0 Å². The molecule has 0 unspecified atom stereocenters. The van der Waals surface area contributed by atoms with Gasteiger partial charge in [0.05, 0.1) is 23.2 Å². The molecule has 0 aliphatic heterocycles. The standard InChI is InChI=1S/C12H19N3OS.2ClH/c1-15(6-10-7-17-9-14-10)11(16)12(8-13)4-2-3-5-12;;/h7,9H,2-6,8,13H2,1H3;2*1H. The summed E-state index contributed by atoms with van der Waals surface area (Å²) in [4.78, 5) is 18.4. The fourth-order valence-electron chi connectivity index (χ4n) is 2.59. The van der Waals surface area contributed by atoms with E-state index in [2.05, 4.69) is 4.98 Å². The number of hydrogen-bond donors (Lipinski definition) is 1. The molecule has 0 bridgehead atoms. The van der Waals surface area contributed by atoms with Crippen LogP contribution in [0.1, 0.15) is 31.4 Å². The second kappa shape index (κ2) is 8.04. The zero-order valence-corrected chi connectivity index (χ0v) is 13.5. The summed E-state index contributed by atoms with van der Waals surface area (Å²) in [7, 11) is 1.84. The molecule has 1 saturated carbocycles. The average molecular weight is 326 g/mol. The molecule has 110 valence electrons. The maximum Gasteiger partial charge on any atom is 0.230 e. The predicted molar refractivity (Wildman–Crippen MR) is 83.0 cm³/mol. The molecule has 0 atom stereocenters. The summed E-state index contributed by atoms with van der Waals surface area (Å²) in [6, 6.07) is 0. The van der Waals surface area contributed by atoms with Crippen LogP contribution in [-0.2, 0) is 11.3 Å². The van der Waals surface area contributed by atoms with E-state index in [4.69, 9.17) is 5.73 Å². The van der Waals surface area contributed by atoms with Crippen LogP contribution >= 0.6 is 36.2 Å². The second-order valence-corrected chi connectivity index (χ2v) is 5.55. The highest BCUT2D eigenvalue weighted by Gasteiger charge is 2.41. The molecule has 0 spiro atoms. The second-order valence-electron chi connectivity index (χ2n) is 4.83. The van der Waals surface area contributed by atoms with Gasteiger partial charge in [-0.25, -0.2) is 4.98 Å². The monoisotopic (exact) mass is 325 g/mol. The number of nitrogens with zero attached hydrogens (tertiary/aromatic N) is 2. The van der Waals surface area contributed by atoms with Crippen molar-refractivity contribution in [3.8, 4) is 0 Å². The largest absolute Gasteiger partial charge is 0.339 e. The molecule has 2 N–H and O–H groups in total. The lowest BCUT2D eigenvalue weighted by molar-refractivity contribution is -0.140. The summed E-state index contributed by atoms with van der Waals surface area (Å²) in [5.74, 6) is 0.186. The Morgan fingerprint density at radius 1 is 1.47 bits per heavy atom. The molecule has 1 fully saturated rings. The highest BCUT2D eigenvalue weighted by molar-refractivity contribution is 7.07. The third-order valence-corrected chi connectivity index (χ3v) is 4.27. The van der Waals surface area contributed by atoms with Gasteiger partial charge in [-0.1, -0.05) is 12.8 Å². The average Bonchev–Trinajstić information content (AvgIpc) is 2.99. The summed E-state index contributed by atoms with van der Waals surface area (Å²) >= 11 is 1.56. The maximum atomic E-state index is 12.4. The molecular weight excluding hydrogens is 305 g/mol. The smallest absolute Gasteiger partial charge is 0.230 e. The van der Waals surface area contributed by atoms with Crippen molar-refractivity contribution in [2.24, 2.45) is 11.1 Å². The normalized spacial score (nSPS) is 16.3. The third-order valence-electron chi connectivity index (χ3n) is 3.63. The number of carbonyl (C=O) groups is 1. The van der Waals surface area contributed by atoms with E-state index >= 15 is 0 Å². The Morgan fingerprint density at radius 3 is 2.58 bits per heavy atom. The zero-order valence-electron chi connectivity index (χ0n) is 11.0. The molecule has 1 aromatic rings. The van der Waals surface area contributed by atoms with E-state index in [9.17, 15) is 4.79 Å². The molecule has 1 aliphatic rings. The minimum absolute atomic E-state index is 0. The maximum absolute atomic E-state index is 12.4. The van der Waals surface area contributed by atoms with Gasteiger partial charge in [0, 0.05) is 19.0 Å². The van der Waals surface area contributed by atoms with Crippen LogP contribution in [0.3, 0.4) is 0 Å². The lowest BCUT2D eigenvalue weighted by Crippen LogP contribution is -2.44. The Labute approximate surface area is 130 Å². The van der Waals surface area contributed by atoms with E-state index in [0.29, 0.717) is 13.1 Å². The number of amides is 1. The molecule has 1 aromatic heterocycles. The lowest BCUT2D eigenvalue weighted by atomic mass is 9.85. The van der Waals surface area contributed by atoms with Crippen LogP contribution in [0.4, 0.5) is 0 Å². The molecule has 1 heterocycles. The summed E-state index contributed by atoms with van der Waals surface area (Å²) in [6.07, 6.45) is 4.11. The molecule has 0 radical (unpaired) electrons. The molecule has 1 amide bonds. The first-order valence-corrected chi connectivity index (χ1v) is 6.95. The number of carbonyl (C=O) groups excluding carboxylic acids is 1. The van der Waals surface area contributed by atoms with E-state index in [-0.39, 0.29) is 36.1 Å². The van der Waals surface area contributed by atoms with Gasteiger partial charge in [0.1, 0.15) is 0 Å². The Morgan fingerprint density at radius 2 is 2.11 bits per heavy atom. The first-order valence-electron chi connectivity index (χ1n) is 6.01. The van der Waals surface area contributed by atoms with E-state index in [1.807, 2.05) is 12.4 Å². The number of aromatic nitrogens is 1. The van der Waals surface area contributed by atoms with Gasteiger partial charge < -0.3 is 10.6 Å². The highest BCUT2D eigenvalue weighted by Crippen LogP contribution is 2.38. The highest BCUT2D eigenvalue weighted by atomic mass is 35.5. The SMILES string of the molecule is CN(Cc1cscn1)C(=O)C1(CN)CCCC1.Cl.Cl. The topological polar surface area (TPSA) is 59.2 Å². The van der Waals surface area contributed by atoms with E-state index in [1.165, 1.54) is 0 Å². The Kier molecular flexibility index (Phi) is 7.89. The van der Waals surface area contributed by atoms with Crippen LogP contribution in [-0.4, -0.2) is 29.4 Å². The Balaban J connectivity index is 0.00000162. The van der Waals surface area contributed by atoms with Crippen LogP contribution in [0.2, 0.25) is 0 Å². The van der Waals surface area contributed by atoms with Crippen LogP contribution in [0.25, 0.3) is 0 Å². The quantitative estimate of drug-likeness (QED) is 0.925. The van der Waals surface area contributed by atoms with Crippen molar-refractivity contribution < 1.29 is 4.79 Å². The van der Waals surface area contributed by atoms with Crippen molar-refractivity contribution >= 4 is 42.1 Å². The summed E-state index contributed by atoms with van der Waals surface area (Å²) in [5.41, 5.74) is 8.27. The van der Waals surface area contributed by atoms with Crippen molar-refractivity contribution in [1.82, 2.24) is 9.88 Å². The van der Waals surface area contributed by atoms with Gasteiger partial charge in [0.15, 0.2) is 0 Å². The number of thiazole rings is 1. The molecule has 19 heavy (non-hydrogen) atoms. The number of hydrogen-bond acceptors (Lipinski definition) is 4. The van der Waals surface area contributed by atoms with Crippen molar-refractivity contribution in [3.63, 3.8) is 0 Å². The Hall–Kier alpha value is -0.360. The molecular formula is C12H21Cl2N3OS. The van der Waals surface area contributed by atoms with Crippen molar-refractivity contribution in [2.45, 2.75) is 32.2 Å². The van der Waals surface area contributed by atoms with Gasteiger partial charge in [-0.3, -0.25) is 4.79 Å². The molecule has 4 nitrogen and oxygen atoms in total. The molecule has 7 heteroatoms. The van der Waals surface area contributed by atoms with Crippen LogP contribution in [0.5, 0.6) is 0 Å². The lowest BCUT2D eigenvalue weighted by Gasteiger charge is -2.30. The summed E-state index contributed by atoms with van der Waals surface area (Å²) < 4.78 is 0. The minimum atomic E-state index is -0.301. The van der Waals surface area contributed by atoms with Gasteiger partial charge in [-0.2, -0.15) is 0 Å². The minimum Gasteiger partial charge on any atom is -0.339 e. The number of nitrogens with two attached hydrogens (primary N) is 1. The van der Waals surface area contributed by atoms with Gasteiger partial charge >= 0.3 is 0 Å². The number of rotatable bonds is 4. The van der Waals surface area contributed by atoms with E-state index in [0.717, 1.165) is 31.4 Å². The molecule has 0 saturated heterocycles. The number of halogens is 2. The van der Waals surface area contributed by atoms with E-state index < -0.39 is 0 Å². The zero-order chi connectivity index (χ0) is 12.3. The first-order chi connectivity index (χ1) is 8.18. The van der Waals surface area contributed by atoms with Crippen molar-refractivity contribution in [1.29, 1.82) is 0 Å². The molecule has 0 aromatic carbocycles. The van der Waals surface area contributed by atoms with Crippen molar-refractivity contribution in [3.05, 3.63) is 16.6 Å². The van der Waals surface area contributed by atoms with E-state index in [1.54, 1.807) is 21.7 Å². The summed E-state index contributed by atoms with van der Waals surface area (Å²) in [5, 5.41) is 1.98. The first kappa shape index (κ1) is 18.6. The fourth-order valence-corrected chi connectivity index (χ4v) is 3.14. The fraction of sp³-hybridized carbons (Fsp3) is 0.667. The Bertz CT molecular complexity index is 380. The van der Waals surface area contributed by atoms with Crippen LogP contribution < -0.4 is 5.73 Å². The molecule has 1 aliphatic carbocycles. The predicted octanol–water partition coefficient (Wildman–Crippen LogP) is 2.46. The summed E-state index contributed by atoms with van der Waals surface area (Å²) in [6.45, 7) is 1.05. The third kappa shape index (κ3) is 4.05. The van der Waals surface area contributed by atoms with Crippen molar-refractivity contribution in [2.75, 3.05) is 13.6 Å². The van der Waals surface area contributed by atoms with Gasteiger partial charge in [-0.15, -0.1) is 36.2 Å². The van der Waals surface area contributed by atoms with Crippen LogP contribution in [0, 0.1) is 5.41 Å². The molecule has 2 rings (SSSR count).